The maximum absolute atomic E-state index is 14.7. The van der Waals surface area contributed by atoms with Gasteiger partial charge >= 0.3 is 0 Å². The van der Waals surface area contributed by atoms with Crippen LogP contribution in [0, 0.1) is 11.6 Å². The van der Waals surface area contributed by atoms with Crippen LogP contribution in [0.25, 0.3) is 0 Å². The minimum atomic E-state index is -0.936. The van der Waals surface area contributed by atoms with E-state index in [1.54, 1.807) is 9.58 Å². The molecule has 1 amide bonds. The Morgan fingerprint density at radius 3 is 2.37 bits per heavy atom. The number of rotatable bonds is 2. The summed E-state index contributed by atoms with van der Waals surface area (Å²) in [5.74, 6) is -2.79. The zero-order valence-electron chi connectivity index (χ0n) is 19.0. The van der Waals surface area contributed by atoms with Gasteiger partial charge in [0, 0.05) is 18.3 Å². The van der Waals surface area contributed by atoms with Crippen LogP contribution >= 0.6 is 0 Å². The predicted molar refractivity (Wildman–Crippen MR) is 126 cm³/mol. The van der Waals surface area contributed by atoms with Gasteiger partial charge in [-0.25, -0.2) is 8.78 Å². The standard InChI is InChI=1S/C27H25F2N3O3/c28-20-14-17-8-4-11-23-31(18-9-5-10-18)27(35)25-26(34)22(33)12-13-30(25)32(23)24(19(17)15-21(20)29)16-6-2-1-3-7-16/h1-3,6-7,12-15,18,23-24,34H,4-5,8-11H2/t23-,24+/m0/s1. The molecule has 35 heavy (non-hydrogen) atoms. The molecular formula is C27H25F2N3O3. The number of aryl methyl sites for hydroxylation is 1. The SMILES string of the molecule is O=C1c2c(O)c(=O)ccn2N2[C@H](c3ccccc3)c3cc(F)c(F)cc3CCC[C@H]2N1C1CCC1. The third-order valence-corrected chi connectivity index (χ3v) is 7.60. The Kier molecular flexibility index (Phi) is 5.12. The van der Waals surface area contributed by atoms with Crippen molar-refractivity contribution in [2.24, 2.45) is 0 Å². The van der Waals surface area contributed by atoms with Crippen molar-refractivity contribution in [2.75, 3.05) is 5.01 Å². The quantitative estimate of drug-likeness (QED) is 0.600. The molecule has 180 valence electrons. The van der Waals surface area contributed by atoms with Crippen molar-refractivity contribution < 1.29 is 18.7 Å². The first-order valence-corrected chi connectivity index (χ1v) is 12.0. The van der Waals surface area contributed by atoms with Crippen LogP contribution < -0.4 is 10.4 Å². The van der Waals surface area contributed by atoms with Crippen LogP contribution in [0.4, 0.5) is 8.78 Å². The van der Waals surface area contributed by atoms with E-state index in [2.05, 4.69) is 0 Å². The second-order valence-corrected chi connectivity index (χ2v) is 9.55. The summed E-state index contributed by atoms with van der Waals surface area (Å²) in [5.41, 5.74) is 1.42. The lowest BCUT2D eigenvalue weighted by Crippen LogP contribution is -2.66. The monoisotopic (exact) mass is 477 g/mol. The molecule has 1 N–H and O–H groups in total. The van der Waals surface area contributed by atoms with Crippen molar-refractivity contribution in [2.45, 2.75) is 56.8 Å². The van der Waals surface area contributed by atoms with E-state index in [1.807, 2.05) is 35.3 Å². The highest BCUT2D eigenvalue weighted by Gasteiger charge is 2.47. The average Bonchev–Trinajstić information content (AvgIpc) is 2.81. The minimum Gasteiger partial charge on any atom is -0.502 e. The number of amides is 1. The molecule has 2 atom stereocenters. The van der Waals surface area contributed by atoms with E-state index in [-0.39, 0.29) is 23.8 Å². The number of nitrogens with zero attached hydrogens (tertiary/aromatic N) is 3. The number of carbonyl (C=O) groups is 1. The topological polar surface area (TPSA) is 65.8 Å². The predicted octanol–water partition coefficient (Wildman–Crippen LogP) is 4.23. The number of aromatic nitrogens is 1. The number of fused-ring (bicyclic) bond motifs is 4. The summed E-state index contributed by atoms with van der Waals surface area (Å²) >= 11 is 0. The summed E-state index contributed by atoms with van der Waals surface area (Å²) in [4.78, 5) is 27.9. The molecule has 6 rings (SSSR count). The van der Waals surface area contributed by atoms with Gasteiger partial charge in [0.1, 0.15) is 6.17 Å². The zero-order chi connectivity index (χ0) is 24.3. The van der Waals surface area contributed by atoms with E-state index in [1.165, 1.54) is 24.4 Å². The molecule has 6 nitrogen and oxygen atoms in total. The number of benzene rings is 2. The van der Waals surface area contributed by atoms with Crippen LogP contribution in [0.15, 0.2) is 59.5 Å². The molecule has 0 unspecified atom stereocenters. The first-order chi connectivity index (χ1) is 17.0. The van der Waals surface area contributed by atoms with Crippen molar-refractivity contribution in [1.29, 1.82) is 0 Å². The number of carbonyl (C=O) groups excluding carboxylic acids is 1. The molecule has 0 saturated heterocycles. The maximum atomic E-state index is 14.7. The van der Waals surface area contributed by atoms with Gasteiger partial charge in [-0.3, -0.25) is 19.3 Å². The van der Waals surface area contributed by atoms with Gasteiger partial charge in [-0.2, -0.15) is 0 Å². The number of hydrogen-bond donors (Lipinski definition) is 1. The smallest absolute Gasteiger partial charge is 0.278 e. The van der Waals surface area contributed by atoms with Gasteiger partial charge in [-0.15, -0.1) is 0 Å². The largest absolute Gasteiger partial charge is 0.502 e. The van der Waals surface area contributed by atoms with E-state index in [0.29, 0.717) is 30.4 Å². The van der Waals surface area contributed by atoms with Crippen LogP contribution in [-0.2, 0) is 6.42 Å². The lowest BCUT2D eigenvalue weighted by Gasteiger charge is -2.54. The Morgan fingerprint density at radius 2 is 1.66 bits per heavy atom. The van der Waals surface area contributed by atoms with Gasteiger partial charge in [0.25, 0.3) is 5.91 Å². The second kappa shape index (κ2) is 8.22. The van der Waals surface area contributed by atoms with Crippen LogP contribution in [-0.4, -0.2) is 32.8 Å². The van der Waals surface area contributed by atoms with E-state index >= 15 is 0 Å². The Morgan fingerprint density at radius 1 is 0.914 bits per heavy atom. The number of hydrogen-bond acceptors (Lipinski definition) is 4. The molecular weight excluding hydrogens is 452 g/mol. The average molecular weight is 478 g/mol. The first kappa shape index (κ1) is 21.8. The molecule has 2 aliphatic heterocycles. The summed E-state index contributed by atoms with van der Waals surface area (Å²) in [6.45, 7) is 0. The lowest BCUT2D eigenvalue weighted by atomic mass is 9.86. The van der Waals surface area contributed by atoms with Gasteiger partial charge in [0.2, 0.25) is 5.43 Å². The normalized spacial score (nSPS) is 21.9. The molecule has 1 aromatic heterocycles. The van der Waals surface area contributed by atoms with Gasteiger partial charge in [0.05, 0.1) is 6.04 Å². The van der Waals surface area contributed by atoms with E-state index < -0.39 is 28.9 Å². The van der Waals surface area contributed by atoms with E-state index in [4.69, 9.17) is 0 Å². The molecule has 0 spiro atoms. The Bertz CT molecular complexity index is 1370. The molecule has 0 bridgehead atoms. The molecule has 0 radical (unpaired) electrons. The zero-order valence-corrected chi connectivity index (χ0v) is 19.0. The maximum Gasteiger partial charge on any atom is 0.278 e. The fourth-order valence-electron chi connectivity index (χ4n) is 5.74. The van der Waals surface area contributed by atoms with Crippen molar-refractivity contribution in [3.63, 3.8) is 0 Å². The van der Waals surface area contributed by atoms with Gasteiger partial charge in [-0.1, -0.05) is 30.3 Å². The second-order valence-electron chi connectivity index (χ2n) is 9.55. The van der Waals surface area contributed by atoms with Crippen LogP contribution in [0.3, 0.4) is 0 Å². The third kappa shape index (κ3) is 3.34. The highest BCUT2D eigenvalue weighted by Crippen LogP contribution is 2.42. The summed E-state index contributed by atoms with van der Waals surface area (Å²) in [6, 6.07) is 12.6. The lowest BCUT2D eigenvalue weighted by molar-refractivity contribution is 0.0247. The first-order valence-electron chi connectivity index (χ1n) is 12.0. The Balaban J connectivity index is 1.66. The van der Waals surface area contributed by atoms with Gasteiger partial charge in [-0.05, 0) is 67.3 Å². The summed E-state index contributed by atoms with van der Waals surface area (Å²) in [7, 11) is 0. The highest BCUT2D eigenvalue weighted by atomic mass is 19.2. The molecule has 2 aromatic carbocycles. The minimum absolute atomic E-state index is 0.00117. The molecule has 1 saturated carbocycles. The van der Waals surface area contributed by atoms with E-state index in [0.717, 1.165) is 24.8 Å². The van der Waals surface area contributed by atoms with Crippen LogP contribution in [0.5, 0.6) is 5.75 Å². The van der Waals surface area contributed by atoms with Crippen molar-refractivity contribution in [3.8, 4) is 5.75 Å². The third-order valence-electron chi connectivity index (χ3n) is 7.60. The highest BCUT2D eigenvalue weighted by molar-refractivity contribution is 5.96. The van der Waals surface area contributed by atoms with Gasteiger partial charge in [0.15, 0.2) is 23.1 Å². The summed E-state index contributed by atoms with van der Waals surface area (Å²) in [6.07, 6.45) is 5.64. The molecule has 3 heterocycles. The fraction of sp³-hybridized carbons (Fsp3) is 0.333. The van der Waals surface area contributed by atoms with Crippen molar-refractivity contribution in [1.82, 2.24) is 9.58 Å². The number of aromatic hydroxyl groups is 1. The molecule has 8 heteroatoms. The van der Waals surface area contributed by atoms with Crippen molar-refractivity contribution >= 4 is 5.91 Å². The Hall–Kier alpha value is -3.68. The van der Waals surface area contributed by atoms with E-state index in [9.17, 15) is 23.5 Å². The molecule has 1 fully saturated rings. The summed E-state index contributed by atoms with van der Waals surface area (Å²) in [5, 5.41) is 12.7. The molecule has 3 aliphatic rings. The van der Waals surface area contributed by atoms with Crippen LogP contribution in [0.1, 0.15) is 65.3 Å². The van der Waals surface area contributed by atoms with Gasteiger partial charge < -0.3 is 10.0 Å². The Labute approximate surface area is 201 Å². The molecule has 1 aliphatic carbocycles. The number of halogens is 2. The fourth-order valence-corrected chi connectivity index (χ4v) is 5.74. The number of pyridine rings is 1. The molecule has 3 aromatic rings. The summed E-state index contributed by atoms with van der Waals surface area (Å²) < 4.78 is 30.5. The van der Waals surface area contributed by atoms with Crippen LogP contribution in [0.2, 0.25) is 0 Å². The van der Waals surface area contributed by atoms with Crippen molar-refractivity contribution in [3.05, 3.63) is 99.0 Å².